The van der Waals surface area contributed by atoms with Crippen LogP contribution in [0, 0.1) is 19.8 Å². The van der Waals surface area contributed by atoms with Crippen molar-refractivity contribution in [2.45, 2.75) is 33.1 Å². The fourth-order valence-electron chi connectivity index (χ4n) is 2.92. The van der Waals surface area contributed by atoms with Crippen molar-refractivity contribution < 1.29 is 32.6 Å². The highest BCUT2D eigenvalue weighted by atomic mass is 19.4. The predicted octanol–water partition coefficient (Wildman–Crippen LogP) is 4.47. The monoisotopic (exact) mass is 395 g/mol. The molecule has 0 aromatic heterocycles. The molecule has 8 heteroatoms. The van der Waals surface area contributed by atoms with Crippen LogP contribution in [0.1, 0.15) is 23.1 Å². The lowest BCUT2D eigenvalue weighted by Gasteiger charge is -2.16. The number of hydrogen-bond acceptors (Lipinski definition) is 3. The van der Waals surface area contributed by atoms with Crippen LogP contribution in [-0.2, 0) is 16.0 Å². The van der Waals surface area contributed by atoms with Crippen LogP contribution in [0.5, 0.6) is 5.75 Å². The van der Waals surface area contributed by atoms with E-state index in [1.54, 1.807) is 0 Å². The van der Waals surface area contributed by atoms with Crippen LogP contribution in [-0.4, -0.2) is 23.3 Å². The largest absolute Gasteiger partial charge is 0.573 e. The average molecular weight is 395 g/mol. The summed E-state index contributed by atoms with van der Waals surface area (Å²) in [6, 6.07) is 10.4. The van der Waals surface area contributed by atoms with Crippen molar-refractivity contribution in [1.82, 2.24) is 0 Å². The molecule has 1 atom stereocenters. The van der Waals surface area contributed by atoms with E-state index in [4.69, 9.17) is 5.11 Å². The van der Waals surface area contributed by atoms with Crippen molar-refractivity contribution in [1.29, 1.82) is 0 Å². The number of aryl methyl sites for hydroxylation is 2. The van der Waals surface area contributed by atoms with E-state index in [-0.39, 0.29) is 18.5 Å². The molecular weight excluding hydrogens is 375 g/mol. The molecule has 0 aliphatic rings. The van der Waals surface area contributed by atoms with Gasteiger partial charge in [0.2, 0.25) is 5.91 Å². The quantitative estimate of drug-likeness (QED) is 0.725. The molecule has 150 valence electrons. The number of carbonyl (C=O) groups excluding carboxylic acids is 1. The second-order valence-corrected chi connectivity index (χ2v) is 6.56. The minimum Gasteiger partial charge on any atom is -0.481 e. The second kappa shape index (κ2) is 8.77. The summed E-state index contributed by atoms with van der Waals surface area (Å²) in [5.41, 5.74) is 3.10. The topological polar surface area (TPSA) is 75.6 Å². The number of aliphatic carboxylic acids is 1. The standard InChI is InChI=1S/C20H20F3NO4/c1-12-7-13(2)9-14(8-12)10-15(11-18(25)26)19(27)24-16-3-5-17(6-4-16)28-20(21,22)23/h3-9,15H,10-11H2,1-2H3,(H,24,27)(H,25,26). The highest BCUT2D eigenvalue weighted by Crippen LogP contribution is 2.24. The molecule has 2 aromatic rings. The lowest BCUT2D eigenvalue weighted by atomic mass is 9.93. The number of halogens is 3. The second-order valence-electron chi connectivity index (χ2n) is 6.56. The first kappa shape index (κ1) is 21.3. The van der Waals surface area contributed by atoms with E-state index >= 15 is 0 Å². The van der Waals surface area contributed by atoms with Crippen LogP contribution >= 0.6 is 0 Å². The maximum atomic E-state index is 12.6. The third-order valence-corrected chi connectivity index (χ3v) is 3.91. The van der Waals surface area contributed by atoms with Crippen molar-refractivity contribution in [3.8, 4) is 5.75 Å². The van der Waals surface area contributed by atoms with Crippen LogP contribution in [0.4, 0.5) is 18.9 Å². The first-order valence-electron chi connectivity index (χ1n) is 8.47. The molecule has 1 amide bonds. The van der Waals surface area contributed by atoms with E-state index < -0.39 is 29.9 Å². The van der Waals surface area contributed by atoms with E-state index in [1.807, 2.05) is 32.0 Å². The molecule has 0 bridgehead atoms. The number of benzene rings is 2. The summed E-state index contributed by atoms with van der Waals surface area (Å²) in [4.78, 5) is 23.7. The number of carbonyl (C=O) groups is 2. The van der Waals surface area contributed by atoms with E-state index in [9.17, 15) is 22.8 Å². The minimum absolute atomic E-state index is 0.232. The summed E-state index contributed by atoms with van der Waals surface area (Å²) in [5.74, 6) is -2.88. The zero-order chi connectivity index (χ0) is 20.9. The normalized spacial score (nSPS) is 12.3. The lowest BCUT2D eigenvalue weighted by molar-refractivity contribution is -0.274. The van der Waals surface area contributed by atoms with E-state index in [0.29, 0.717) is 0 Å². The minimum atomic E-state index is -4.80. The fraction of sp³-hybridized carbons (Fsp3) is 0.300. The molecule has 0 heterocycles. The summed E-state index contributed by atoms with van der Waals surface area (Å²) in [6.45, 7) is 3.82. The Morgan fingerprint density at radius 1 is 1.07 bits per heavy atom. The zero-order valence-electron chi connectivity index (χ0n) is 15.3. The number of ether oxygens (including phenoxy) is 1. The molecule has 0 saturated heterocycles. The summed E-state index contributed by atoms with van der Waals surface area (Å²) in [6.07, 6.45) is -4.94. The van der Waals surface area contributed by atoms with Gasteiger partial charge in [0, 0.05) is 5.69 Å². The highest BCUT2D eigenvalue weighted by molar-refractivity contribution is 5.94. The zero-order valence-corrected chi connectivity index (χ0v) is 15.3. The number of carboxylic acid groups (broad SMARTS) is 1. The fourth-order valence-corrected chi connectivity index (χ4v) is 2.92. The maximum absolute atomic E-state index is 12.6. The molecule has 28 heavy (non-hydrogen) atoms. The molecular formula is C20H20F3NO4. The van der Waals surface area contributed by atoms with E-state index in [0.717, 1.165) is 28.8 Å². The summed E-state index contributed by atoms with van der Waals surface area (Å²) >= 11 is 0. The Kier molecular flexibility index (Phi) is 6.66. The molecule has 0 spiro atoms. The highest BCUT2D eigenvalue weighted by Gasteiger charge is 2.31. The van der Waals surface area contributed by atoms with Gasteiger partial charge in [0.15, 0.2) is 0 Å². The molecule has 2 N–H and O–H groups in total. The SMILES string of the molecule is Cc1cc(C)cc(CC(CC(=O)O)C(=O)Nc2ccc(OC(F)(F)F)cc2)c1. The molecule has 0 aliphatic carbocycles. The molecule has 0 fully saturated rings. The molecule has 2 rings (SSSR count). The Bertz CT molecular complexity index is 827. The van der Waals surface area contributed by atoms with Gasteiger partial charge in [0.1, 0.15) is 5.75 Å². The number of amides is 1. The van der Waals surface area contributed by atoms with Gasteiger partial charge in [-0.25, -0.2) is 0 Å². The molecule has 2 aromatic carbocycles. The van der Waals surface area contributed by atoms with Crippen molar-refractivity contribution in [2.24, 2.45) is 5.92 Å². The third-order valence-electron chi connectivity index (χ3n) is 3.91. The van der Waals surface area contributed by atoms with Crippen molar-refractivity contribution in [3.63, 3.8) is 0 Å². The van der Waals surface area contributed by atoms with Crippen LogP contribution in [0.3, 0.4) is 0 Å². The van der Waals surface area contributed by atoms with Gasteiger partial charge < -0.3 is 15.2 Å². The van der Waals surface area contributed by atoms with Crippen LogP contribution in [0.25, 0.3) is 0 Å². The lowest BCUT2D eigenvalue weighted by Crippen LogP contribution is -2.27. The van der Waals surface area contributed by atoms with Crippen molar-refractivity contribution in [3.05, 3.63) is 59.2 Å². The van der Waals surface area contributed by atoms with Gasteiger partial charge in [-0.3, -0.25) is 9.59 Å². The first-order valence-corrected chi connectivity index (χ1v) is 8.47. The maximum Gasteiger partial charge on any atom is 0.573 e. The Labute approximate surface area is 160 Å². The number of rotatable bonds is 7. The van der Waals surface area contributed by atoms with Crippen LogP contribution in [0.15, 0.2) is 42.5 Å². The van der Waals surface area contributed by atoms with Gasteiger partial charge >= 0.3 is 12.3 Å². The molecule has 0 saturated carbocycles. The van der Waals surface area contributed by atoms with Gasteiger partial charge in [-0.2, -0.15) is 0 Å². The smallest absolute Gasteiger partial charge is 0.481 e. The van der Waals surface area contributed by atoms with Gasteiger partial charge in [-0.05, 0) is 50.1 Å². The molecule has 1 unspecified atom stereocenters. The summed E-state index contributed by atoms with van der Waals surface area (Å²) in [7, 11) is 0. The number of nitrogens with one attached hydrogen (secondary N) is 1. The Hall–Kier alpha value is -3.03. The van der Waals surface area contributed by atoms with Gasteiger partial charge in [-0.1, -0.05) is 29.3 Å². The van der Waals surface area contributed by atoms with Gasteiger partial charge in [0.05, 0.1) is 12.3 Å². The molecule has 0 radical (unpaired) electrons. The van der Waals surface area contributed by atoms with Crippen LogP contribution in [0.2, 0.25) is 0 Å². The van der Waals surface area contributed by atoms with Crippen LogP contribution < -0.4 is 10.1 Å². The third kappa shape index (κ3) is 6.94. The summed E-state index contributed by atoms with van der Waals surface area (Å²) in [5, 5.41) is 11.7. The number of alkyl halides is 3. The number of hydrogen-bond donors (Lipinski definition) is 2. The van der Waals surface area contributed by atoms with Gasteiger partial charge in [0.25, 0.3) is 0 Å². The van der Waals surface area contributed by atoms with Crippen molar-refractivity contribution >= 4 is 17.6 Å². The number of anilines is 1. The van der Waals surface area contributed by atoms with E-state index in [1.165, 1.54) is 12.1 Å². The Balaban J connectivity index is 2.11. The average Bonchev–Trinajstić information content (AvgIpc) is 2.53. The Morgan fingerprint density at radius 2 is 1.64 bits per heavy atom. The molecule has 0 aliphatic heterocycles. The van der Waals surface area contributed by atoms with Gasteiger partial charge in [-0.15, -0.1) is 13.2 Å². The number of carboxylic acids is 1. The molecule has 5 nitrogen and oxygen atoms in total. The first-order chi connectivity index (χ1) is 13.0. The van der Waals surface area contributed by atoms with Crippen molar-refractivity contribution in [2.75, 3.05) is 5.32 Å². The summed E-state index contributed by atoms with van der Waals surface area (Å²) < 4.78 is 40.4. The Morgan fingerprint density at radius 3 is 2.14 bits per heavy atom. The predicted molar refractivity (Wildman–Crippen MR) is 97.1 cm³/mol. The van der Waals surface area contributed by atoms with E-state index in [2.05, 4.69) is 10.1 Å².